The highest BCUT2D eigenvalue weighted by molar-refractivity contribution is 7.13. The maximum absolute atomic E-state index is 13.8. The van der Waals surface area contributed by atoms with E-state index in [1.165, 1.54) is 16.9 Å². The van der Waals surface area contributed by atoms with Crippen molar-refractivity contribution in [3.8, 4) is 0 Å². The van der Waals surface area contributed by atoms with Gasteiger partial charge in [0.1, 0.15) is 11.3 Å². The summed E-state index contributed by atoms with van der Waals surface area (Å²) in [5, 5.41) is 24.5. The van der Waals surface area contributed by atoms with Gasteiger partial charge in [0.2, 0.25) is 11.0 Å². The van der Waals surface area contributed by atoms with Gasteiger partial charge in [0, 0.05) is 11.8 Å². The Kier molecular flexibility index (Phi) is 5.28. The topological polar surface area (TPSA) is 87.5 Å². The lowest BCUT2D eigenvalue weighted by Crippen LogP contribution is -2.44. The number of halogens is 1. The van der Waals surface area contributed by atoms with Crippen molar-refractivity contribution in [3.05, 3.63) is 40.7 Å². The highest BCUT2D eigenvalue weighted by Gasteiger charge is 2.57. The molecule has 0 aliphatic heterocycles. The minimum atomic E-state index is -0.160. The Balaban J connectivity index is 1.37. The fourth-order valence-corrected chi connectivity index (χ4v) is 7.24. The number of hydrogen-bond donors (Lipinski definition) is 2. The third-order valence-electron chi connectivity index (χ3n) is 8.03. The van der Waals surface area contributed by atoms with Crippen LogP contribution in [0.4, 0.5) is 9.52 Å². The second-order valence-corrected chi connectivity index (χ2v) is 10.3. The summed E-state index contributed by atoms with van der Waals surface area (Å²) in [6.07, 6.45) is 5.80. The highest BCUT2D eigenvalue weighted by atomic mass is 32.1. The van der Waals surface area contributed by atoms with Crippen LogP contribution in [0, 0.1) is 29.0 Å². The van der Waals surface area contributed by atoms with E-state index in [1.54, 1.807) is 17.6 Å². The molecule has 0 radical (unpaired) electrons. The van der Waals surface area contributed by atoms with E-state index >= 15 is 0 Å². The number of nitrogens with zero attached hydrogens (tertiary/aromatic N) is 3. The number of carbonyl (C=O) groups is 1. The van der Waals surface area contributed by atoms with E-state index < -0.39 is 0 Å². The lowest BCUT2D eigenvalue weighted by Gasteiger charge is -2.50. The first-order valence-corrected chi connectivity index (χ1v) is 11.9. The number of aryl methyl sites for hydroxylation is 1. The minimum Gasteiger partial charge on any atom is -0.411 e. The summed E-state index contributed by atoms with van der Waals surface area (Å²) in [5.74, 6) is 1.33. The van der Waals surface area contributed by atoms with E-state index in [0.29, 0.717) is 35.2 Å². The van der Waals surface area contributed by atoms with Gasteiger partial charge in [-0.05, 0) is 85.5 Å². The molecule has 0 saturated heterocycles. The molecular weight excluding hydrogens is 415 g/mol. The van der Waals surface area contributed by atoms with Gasteiger partial charge in [-0.15, -0.1) is 10.2 Å². The summed E-state index contributed by atoms with van der Waals surface area (Å²) in [7, 11) is 0. The van der Waals surface area contributed by atoms with Crippen molar-refractivity contribution < 1.29 is 14.4 Å². The van der Waals surface area contributed by atoms with Gasteiger partial charge in [0.05, 0.1) is 5.71 Å². The van der Waals surface area contributed by atoms with E-state index in [-0.39, 0.29) is 17.1 Å². The first-order valence-electron chi connectivity index (χ1n) is 11.1. The molecule has 3 unspecified atom stereocenters. The fraction of sp³-hybridized carbons (Fsp3) is 0.565. The van der Waals surface area contributed by atoms with Crippen molar-refractivity contribution in [1.29, 1.82) is 0 Å². The predicted molar refractivity (Wildman–Crippen MR) is 117 cm³/mol. The Morgan fingerprint density at radius 2 is 2.29 bits per heavy atom. The summed E-state index contributed by atoms with van der Waals surface area (Å²) >= 11 is 1.31. The van der Waals surface area contributed by atoms with Crippen LogP contribution in [-0.4, -0.2) is 27.0 Å². The average molecular weight is 443 g/mol. The fourth-order valence-electron chi connectivity index (χ4n) is 6.78. The molecule has 3 aliphatic rings. The van der Waals surface area contributed by atoms with Crippen molar-refractivity contribution >= 4 is 28.1 Å². The van der Waals surface area contributed by atoms with Crippen LogP contribution in [0.3, 0.4) is 0 Å². The molecule has 2 saturated carbocycles. The Hall–Kier alpha value is -2.35. The third-order valence-corrected chi connectivity index (χ3v) is 8.64. The number of anilines is 1. The van der Waals surface area contributed by atoms with Gasteiger partial charge >= 0.3 is 0 Å². The van der Waals surface area contributed by atoms with Crippen LogP contribution in [-0.2, 0) is 11.2 Å². The molecule has 31 heavy (non-hydrogen) atoms. The van der Waals surface area contributed by atoms with Gasteiger partial charge in [0.25, 0.3) is 0 Å². The van der Waals surface area contributed by atoms with E-state index in [2.05, 4.69) is 27.6 Å². The maximum atomic E-state index is 13.8. The molecule has 0 spiro atoms. The van der Waals surface area contributed by atoms with Gasteiger partial charge in [0.15, 0.2) is 0 Å². The summed E-state index contributed by atoms with van der Waals surface area (Å²) in [6.45, 7) is 2.24. The van der Waals surface area contributed by atoms with E-state index in [9.17, 15) is 14.4 Å². The second kappa shape index (κ2) is 7.97. The molecule has 5 atom stereocenters. The van der Waals surface area contributed by atoms with Gasteiger partial charge < -0.3 is 10.5 Å². The number of amides is 1. The Morgan fingerprint density at radius 3 is 3.06 bits per heavy atom. The SMILES string of the molecule is C[C@]12CCC3c4ccc(F)cc4CCC3C1[C@H](CCC(=O)Nc1nncs1)C/C2=N\O. The molecule has 3 aliphatic carbocycles. The van der Waals surface area contributed by atoms with Crippen molar-refractivity contribution in [1.82, 2.24) is 10.2 Å². The number of aromatic nitrogens is 2. The molecule has 1 amide bonds. The van der Waals surface area contributed by atoms with E-state index in [1.807, 2.05) is 6.07 Å². The number of oxime groups is 1. The zero-order chi connectivity index (χ0) is 21.6. The van der Waals surface area contributed by atoms with Crippen molar-refractivity contribution in [2.75, 3.05) is 5.32 Å². The molecule has 2 aromatic rings. The van der Waals surface area contributed by atoms with Gasteiger partial charge in [-0.1, -0.05) is 29.5 Å². The van der Waals surface area contributed by atoms with Crippen LogP contribution in [0.2, 0.25) is 0 Å². The van der Waals surface area contributed by atoms with E-state index in [0.717, 1.165) is 49.8 Å². The van der Waals surface area contributed by atoms with Crippen molar-refractivity contribution in [2.24, 2.45) is 28.3 Å². The van der Waals surface area contributed by atoms with Crippen LogP contribution in [0.5, 0.6) is 0 Å². The molecule has 6 nitrogen and oxygen atoms in total. The molecule has 8 heteroatoms. The summed E-state index contributed by atoms with van der Waals surface area (Å²) in [5.41, 5.74) is 4.79. The molecule has 1 aromatic heterocycles. The average Bonchev–Trinajstić information content (AvgIpc) is 3.36. The van der Waals surface area contributed by atoms with Gasteiger partial charge in [-0.2, -0.15) is 0 Å². The molecule has 164 valence electrons. The molecule has 5 rings (SSSR count). The molecule has 2 fully saturated rings. The number of nitrogens with one attached hydrogen (secondary N) is 1. The zero-order valence-corrected chi connectivity index (χ0v) is 18.4. The van der Waals surface area contributed by atoms with Gasteiger partial charge in [-0.3, -0.25) is 4.79 Å². The highest BCUT2D eigenvalue weighted by Crippen LogP contribution is 2.62. The number of carbonyl (C=O) groups excluding carboxylic acids is 1. The van der Waals surface area contributed by atoms with Crippen LogP contribution < -0.4 is 5.32 Å². The number of rotatable bonds is 4. The lowest BCUT2D eigenvalue weighted by molar-refractivity contribution is -0.116. The molecule has 2 N–H and O–H groups in total. The van der Waals surface area contributed by atoms with Crippen molar-refractivity contribution in [3.63, 3.8) is 0 Å². The first kappa shape index (κ1) is 20.5. The number of benzene rings is 1. The Morgan fingerprint density at radius 1 is 1.42 bits per heavy atom. The van der Waals surface area contributed by atoms with Crippen LogP contribution >= 0.6 is 11.3 Å². The normalized spacial score (nSPS) is 32.9. The van der Waals surface area contributed by atoms with Crippen LogP contribution in [0.15, 0.2) is 28.9 Å². The van der Waals surface area contributed by atoms with Crippen LogP contribution in [0.1, 0.15) is 62.5 Å². The second-order valence-electron chi connectivity index (χ2n) is 9.48. The standard InChI is InChI=1S/C23H27FN4O2S/c1-23-9-8-17-16-6-4-15(24)10-13(16)2-5-18(17)21(23)14(11-19(23)28-30)3-7-20(29)26-22-27-25-12-31-22/h4,6,10,12,14,17-18,21,30H,2-3,5,7-9,11H2,1H3,(H,26,27,29)/b28-19+/t14-,17?,18?,21?,23-/m1/s1. The minimum absolute atomic E-state index is 0.0512. The van der Waals surface area contributed by atoms with Crippen LogP contribution in [0.25, 0.3) is 0 Å². The molecular formula is C23H27FN4O2S. The summed E-state index contributed by atoms with van der Waals surface area (Å²) < 4.78 is 13.8. The predicted octanol–water partition coefficient (Wildman–Crippen LogP) is 5.01. The molecule has 0 bridgehead atoms. The largest absolute Gasteiger partial charge is 0.411 e. The van der Waals surface area contributed by atoms with E-state index in [4.69, 9.17) is 0 Å². The van der Waals surface area contributed by atoms with Crippen molar-refractivity contribution in [2.45, 2.75) is 57.8 Å². The zero-order valence-electron chi connectivity index (χ0n) is 17.6. The third kappa shape index (κ3) is 3.54. The van der Waals surface area contributed by atoms with Gasteiger partial charge in [-0.25, -0.2) is 4.39 Å². The Bertz CT molecular complexity index is 1010. The number of hydrogen-bond acceptors (Lipinski definition) is 6. The monoisotopic (exact) mass is 442 g/mol. The maximum Gasteiger partial charge on any atom is 0.226 e. The summed E-state index contributed by atoms with van der Waals surface area (Å²) in [4.78, 5) is 12.4. The smallest absolute Gasteiger partial charge is 0.226 e. The lowest BCUT2D eigenvalue weighted by atomic mass is 9.54. The number of fused-ring (bicyclic) bond motifs is 5. The Labute approximate surface area is 185 Å². The molecule has 1 heterocycles. The quantitative estimate of drug-likeness (QED) is 0.515. The first-order chi connectivity index (χ1) is 15.0. The summed E-state index contributed by atoms with van der Waals surface area (Å²) in [6, 6.07) is 5.26. The molecule has 1 aromatic carbocycles.